The minimum atomic E-state index is -0.118. The molecule has 37 heavy (non-hydrogen) atoms. The van der Waals surface area contributed by atoms with Crippen LogP contribution in [0.15, 0.2) is 48.5 Å². The average Bonchev–Trinajstić information content (AvgIpc) is 2.91. The van der Waals surface area contributed by atoms with Crippen LogP contribution in [0.1, 0.15) is 56.7 Å². The molecular formula is C31H45FN4O. The number of hydrogen-bond donors (Lipinski definition) is 1. The minimum Gasteiger partial charge on any atom is -0.497 e. The van der Waals surface area contributed by atoms with Crippen LogP contribution < -0.4 is 10.1 Å². The first kappa shape index (κ1) is 26.6. The number of rotatable bonds is 7. The quantitative estimate of drug-likeness (QED) is 0.573. The fraction of sp³-hybridized carbons (Fsp3) is 0.613. The maximum Gasteiger partial charge on any atom is 0.123 e. The Morgan fingerprint density at radius 3 is 2.41 bits per heavy atom. The zero-order valence-corrected chi connectivity index (χ0v) is 23.0. The van der Waals surface area contributed by atoms with Gasteiger partial charge in [0.2, 0.25) is 0 Å². The van der Waals surface area contributed by atoms with Gasteiger partial charge in [0.25, 0.3) is 0 Å². The van der Waals surface area contributed by atoms with Crippen molar-refractivity contribution >= 4 is 0 Å². The number of piperidine rings is 2. The van der Waals surface area contributed by atoms with E-state index in [-0.39, 0.29) is 11.9 Å². The molecule has 6 heteroatoms. The first-order valence-electron chi connectivity index (χ1n) is 14.3. The van der Waals surface area contributed by atoms with E-state index in [1.165, 1.54) is 18.4 Å². The highest BCUT2D eigenvalue weighted by atomic mass is 19.1. The lowest BCUT2D eigenvalue weighted by atomic mass is 9.82. The van der Waals surface area contributed by atoms with Crippen molar-refractivity contribution in [2.75, 3.05) is 52.9 Å². The van der Waals surface area contributed by atoms with Gasteiger partial charge in [-0.3, -0.25) is 14.7 Å². The summed E-state index contributed by atoms with van der Waals surface area (Å²) >= 11 is 0. The number of nitrogens with zero attached hydrogens (tertiary/aromatic N) is 3. The van der Waals surface area contributed by atoms with Crippen LogP contribution in [0.3, 0.4) is 0 Å². The van der Waals surface area contributed by atoms with Gasteiger partial charge in [0, 0.05) is 43.8 Å². The summed E-state index contributed by atoms with van der Waals surface area (Å²) in [5.41, 5.74) is 2.78. The summed E-state index contributed by atoms with van der Waals surface area (Å²) in [5.74, 6) is 1.33. The molecule has 2 unspecified atom stereocenters. The zero-order valence-electron chi connectivity index (χ0n) is 23.0. The number of likely N-dealkylation sites (tertiary alicyclic amines) is 1. The molecule has 5 nitrogen and oxygen atoms in total. The maximum atomic E-state index is 14.4. The third-order valence-electron chi connectivity index (χ3n) is 9.31. The van der Waals surface area contributed by atoms with Crippen LogP contribution in [0.25, 0.3) is 0 Å². The lowest BCUT2D eigenvalue weighted by Gasteiger charge is -2.53. The Labute approximate surface area is 223 Å². The Balaban J connectivity index is 1.27. The molecule has 3 saturated heterocycles. The summed E-state index contributed by atoms with van der Waals surface area (Å²) in [6, 6.07) is 16.6. The van der Waals surface area contributed by atoms with E-state index in [1.807, 2.05) is 18.2 Å². The molecule has 0 spiro atoms. The monoisotopic (exact) mass is 508 g/mol. The van der Waals surface area contributed by atoms with Crippen LogP contribution >= 0.6 is 0 Å². The van der Waals surface area contributed by atoms with E-state index in [2.05, 4.69) is 52.1 Å². The minimum absolute atomic E-state index is 0.118. The Kier molecular flexibility index (Phi) is 8.50. The summed E-state index contributed by atoms with van der Waals surface area (Å²) < 4.78 is 19.7. The van der Waals surface area contributed by atoms with E-state index in [0.717, 1.165) is 76.5 Å². The number of piperazine rings is 1. The van der Waals surface area contributed by atoms with E-state index in [4.69, 9.17) is 4.74 Å². The molecule has 2 aromatic carbocycles. The molecule has 3 aliphatic rings. The van der Waals surface area contributed by atoms with Crippen LogP contribution in [0.5, 0.6) is 5.75 Å². The van der Waals surface area contributed by atoms with E-state index >= 15 is 0 Å². The molecule has 0 saturated carbocycles. The molecule has 0 aliphatic carbocycles. The van der Waals surface area contributed by atoms with Crippen molar-refractivity contribution in [2.45, 2.75) is 63.7 Å². The second kappa shape index (κ2) is 11.8. The van der Waals surface area contributed by atoms with Gasteiger partial charge in [-0.2, -0.15) is 0 Å². The first-order chi connectivity index (χ1) is 17.9. The Hall–Kier alpha value is -1.99. The number of benzene rings is 2. The summed E-state index contributed by atoms with van der Waals surface area (Å²) in [6.07, 6.45) is 4.74. The first-order valence-corrected chi connectivity index (χ1v) is 14.3. The number of halogens is 1. The summed E-state index contributed by atoms with van der Waals surface area (Å²) in [6.45, 7) is 13.5. The van der Waals surface area contributed by atoms with Gasteiger partial charge in [-0.15, -0.1) is 0 Å². The van der Waals surface area contributed by atoms with Gasteiger partial charge in [0.05, 0.1) is 7.11 Å². The molecular weight excluding hydrogens is 463 g/mol. The smallest absolute Gasteiger partial charge is 0.123 e. The highest BCUT2D eigenvalue weighted by molar-refractivity contribution is 5.27. The van der Waals surface area contributed by atoms with Crippen LogP contribution in [-0.4, -0.2) is 79.2 Å². The maximum absolute atomic E-state index is 14.4. The van der Waals surface area contributed by atoms with Gasteiger partial charge >= 0.3 is 0 Å². The summed E-state index contributed by atoms with van der Waals surface area (Å²) in [7, 11) is 1.71. The summed E-state index contributed by atoms with van der Waals surface area (Å²) in [4.78, 5) is 8.02. The largest absolute Gasteiger partial charge is 0.497 e. The number of hydrogen-bond acceptors (Lipinski definition) is 5. The summed E-state index contributed by atoms with van der Waals surface area (Å²) in [5, 5.41) is 3.53. The molecule has 2 aromatic rings. The number of methoxy groups -OCH3 is 1. The van der Waals surface area contributed by atoms with E-state index in [0.29, 0.717) is 17.5 Å². The molecule has 3 fully saturated rings. The second-order valence-electron chi connectivity index (χ2n) is 11.7. The normalized spacial score (nSPS) is 25.1. The van der Waals surface area contributed by atoms with Crippen molar-refractivity contribution in [3.05, 3.63) is 65.5 Å². The molecule has 5 rings (SSSR count). The van der Waals surface area contributed by atoms with Gasteiger partial charge < -0.3 is 10.1 Å². The van der Waals surface area contributed by atoms with Gasteiger partial charge in [-0.1, -0.05) is 24.3 Å². The fourth-order valence-electron chi connectivity index (χ4n) is 7.00. The Morgan fingerprint density at radius 2 is 1.76 bits per heavy atom. The SMILES string of the molecule is COc1ccc(CN2CCC(C(c3cccc(F)c3)N3CCN(C4(C)CCNCC4)CC3C)CC2)cc1. The zero-order chi connectivity index (χ0) is 25.8. The lowest BCUT2D eigenvalue weighted by molar-refractivity contribution is -0.0360. The van der Waals surface area contributed by atoms with Crippen LogP contribution in [0.4, 0.5) is 4.39 Å². The van der Waals surface area contributed by atoms with Gasteiger partial charge in [0.15, 0.2) is 0 Å². The molecule has 0 amide bonds. The topological polar surface area (TPSA) is 31.0 Å². The Morgan fingerprint density at radius 1 is 1.03 bits per heavy atom. The molecule has 3 heterocycles. The second-order valence-corrected chi connectivity index (χ2v) is 11.7. The Bertz CT molecular complexity index is 1000. The molecule has 0 aromatic heterocycles. The molecule has 2 atom stereocenters. The fourth-order valence-corrected chi connectivity index (χ4v) is 7.00. The van der Waals surface area contributed by atoms with E-state index < -0.39 is 0 Å². The predicted octanol–water partition coefficient (Wildman–Crippen LogP) is 4.94. The number of ether oxygens (including phenoxy) is 1. The van der Waals surface area contributed by atoms with Gasteiger partial charge in [0.1, 0.15) is 11.6 Å². The van der Waals surface area contributed by atoms with Crippen molar-refractivity contribution in [2.24, 2.45) is 5.92 Å². The average molecular weight is 509 g/mol. The van der Waals surface area contributed by atoms with Crippen LogP contribution in [0.2, 0.25) is 0 Å². The number of nitrogens with one attached hydrogen (secondary N) is 1. The van der Waals surface area contributed by atoms with Crippen LogP contribution in [-0.2, 0) is 6.54 Å². The van der Waals surface area contributed by atoms with Crippen molar-refractivity contribution in [1.29, 1.82) is 0 Å². The van der Waals surface area contributed by atoms with Crippen LogP contribution in [0, 0.1) is 11.7 Å². The third kappa shape index (κ3) is 6.19. The van der Waals surface area contributed by atoms with Gasteiger partial charge in [-0.05, 0) is 107 Å². The van der Waals surface area contributed by atoms with E-state index in [1.54, 1.807) is 19.2 Å². The molecule has 1 N–H and O–H groups in total. The van der Waals surface area contributed by atoms with Crippen molar-refractivity contribution in [3.63, 3.8) is 0 Å². The van der Waals surface area contributed by atoms with Crippen molar-refractivity contribution < 1.29 is 9.13 Å². The molecule has 0 bridgehead atoms. The molecule has 3 aliphatic heterocycles. The highest BCUT2D eigenvalue weighted by Gasteiger charge is 2.41. The van der Waals surface area contributed by atoms with Crippen molar-refractivity contribution in [1.82, 2.24) is 20.0 Å². The standard InChI is InChI=1S/C31H45FN4O/c1-24-22-35(31(2)13-15-33-16-14-31)19-20-36(24)30(27-5-4-6-28(32)21-27)26-11-17-34(18-12-26)23-25-7-9-29(37-3)10-8-25/h4-10,21,24,26,30,33H,11-20,22-23H2,1-3H3. The highest BCUT2D eigenvalue weighted by Crippen LogP contribution is 2.39. The van der Waals surface area contributed by atoms with Gasteiger partial charge in [-0.25, -0.2) is 4.39 Å². The molecule has 0 radical (unpaired) electrons. The van der Waals surface area contributed by atoms with E-state index in [9.17, 15) is 4.39 Å². The third-order valence-corrected chi connectivity index (χ3v) is 9.31. The van der Waals surface area contributed by atoms with Crippen molar-refractivity contribution in [3.8, 4) is 5.75 Å². The lowest BCUT2D eigenvalue weighted by Crippen LogP contribution is -2.62. The predicted molar refractivity (Wildman–Crippen MR) is 148 cm³/mol. The molecule has 202 valence electrons.